The number of aromatic nitrogens is 2. The predicted octanol–water partition coefficient (Wildman–Crippen LogP) is 1.31. The van der Waals surface area contributed by atoms with Gasteiger partial charge in [-0.05, 0) is 19.2 Å². The maximum Gasteiger partial charge on any atom is 0.321 e. The zero-order chi connectivity index (χ0) is 21.2. The van der Waals surface area contributed by atoms with Crippen molar-refractivity contribution in [3.63, 3.8) is 0 Å². The number of benzene rings is 1. The molecule has 0 aliphatic carbocycles. The minimum atomic E-state index is -0.112. The smallest absolute Gasteiger partial charge is 0.321 e. The van der Waals surface area contributed by atoms with E-state index >= 15 is 0 Å². The molecule has 2 amide bonds. The first-order valence-electron chi connectivity index (χ1n) is 10.6. The van der Waals surface area contributed by atoms with Gasteiger partial charge in [0.2, 0.25) is 6.79 Å². The summed E-state index contributed by atoms with van der Waals surface area (Å²) in [5.41, 5.74) is 0.698. The van der Waals surface area contributed by atoms with Crippen molar-refractivity contribution in [3.05, 3.63) is 30.6 Å². The van der Waals surface area contributed by atoms with E-state index in [4.69, 9.17) is 9.47 Å². The first kappa shape index (κ1) is 19.7. The van der Waals surface area contributed by atoms with Gasteiger partial charge >= 0.3 is 6.03 Å². The van der Waals surface area contributed by atoms with Crippen LogP contribution in [0.25, 0.3) is 0 Å². The normalized spacial score (nSPS) is 18.9. The van der Waals surface area contributed by atoms with Crippen LogP contribution < -0.4 is 24.6 Å². The van der Waals surface area contributed by atoms with Gasteiger partial charge in [-0.2, -0.15) is 0 Å². The first-order chi connectivity index (χ1) is 15.2. The highest BCUT2D eigenvalue weighted by molar-refractivity contribution is 5.90. The highest BCUT2D eigenvalue weighted by Crippen LogP contribution is 2.34. The first-order valence-corrected chi connectivity index (χ1v) is 10.6. The molecule has 0 atom stereocenters. The van der Waals surface area contributed by atoms with Gasteiger partial charge in [0.15, 0.2) is 11.5 Å². The Bertz CT molecular complexity index is 940. The van der Waals surface area contributed by atoms with Crippen LogP contribution in [0.1, 0.15) is 0 Å². The van der Waals surface area contributed by atoms with E-state index in [1.807, 2.05) is 17.0 Å². The SMILES string of the molecule is CN1CCN(c2cc(N3CCN(C(=O)Nc4ccc5c(c4)OCO5)CC3)ncn2)CC1. The largest absolute Gasteiger partial charge is 0.454 e. The molecule has 10 heteroatoms. The van der Waals surface area contributed by atoms with Crippen molar-refractivity contribution >= 4 is 23.4 Å². The van der Waals surface area contributed by atoms with E-state index in [0.29, 0.717) is 30.3 Å². The maximum atomic E-state index is 12.7. The number of anilines is 3. The summed E-state index contributed by atoms with van der Waals surface area (Å²) in [4.78, 5) is 30.3. The number of carbonyl (C=O) groups is 1. The fourth-order valence-electron chi connectivity index (χ4n) is 4.03. The Kier molecular flexibility index (Phi) is 5.37. The molecule has 3 aliphatic rings. The number of rotatable bonds is 3. The molecule has 2 aromatic rings. The van der Waals surface area contributed by atoms with Crippen LogP contribution in [0.15, 0.2) is 30.6 Å². The van der Waals surface area contributed by atoms with E-state index in [-0.39, 0.29) is 12.8 Å². The Morgan fingerprint density at radius 1 is 0.871 bits per heavy atom. The van der Waals surface area contributed by atoms with Crippen LogP contribution in [0.5, 0.6) is 11.5 Å². The van der Waals surface area contributed by atoms with Crippen molar-refractivity contribution in [1.29, 1.82) is 0 Å². The van der Waals surface area contributed by atoms with Gasteiger partial charge < -0.3 is 34.4 Å². The molecule has 2 fully saturated rings. The summed E-state index contributed by atoms with van der Waals surface area (Å²) in [6.45, 7) is 6.96. The molecule has 1 N–H and O–H groups in total. The van der Waals surface area contributed by atoms with E-state index in [2.05, 4.69) is 43.1 Å². The molecule has 164 valence electrons. The van der Waals surface area contributed by atoms with Crippen LogP contribution in [0.2, 0.25) is 0 Å². The Hall–Kier alpha value is -3.27. The molecule has 0 unspecified atom stereocenters. The molecule has 0 bridgehead atoms. The van der Waals surface area contributed by atoms with Crippen molar-refractivity contribution < 1.29 is 14.3 Å². The summed E-state index contributed by atoms with van der Waals surface area (Å²) in [6, 6.07) is 7.37. The van der Waals surface area contributed by atoms with Gasteiger partial charge in [-0.25, -0.2) is 14.8 Å². The Labute approximate surface area is 181 Å². The zero-order valence-electron chi connectivity index (χ0n) is 17.7. The van der Waals surface area contributed by atoms with Crippen LogP contribution in [-0.4, -0.2) is 92.0 Å². The third-order valence-corrected chi connectivity index (χ3v) is 5.98. The highest BCUT2D eigenvalue weighted by Gasteiger charge is 2.24. The van der Waals surface area contributed by atoms with Gasteiger partial charge in [-0.1, -0.05) is 0 Å². The fraction of sp³-hybridized carbons (Fsp3) is 0.476. The predicted molar refractivity (Wildman–Crippen MR) is 117 cm³/mol. The van der Waals surface area contributed by atoms with Crippen LogP contribution in [-0.2, 0) is 0 Å². The summed E-state index contributed by atoms with van der Waals surface area (Å²) in [5.74, 6) is 3.25. The van der Waals surface area contributed by atoms with Gasteiger partial charge in [-0.15, -0.1) is 0 Å². The summed E-state index contributed by atoms with van der Waals surface area (Å²) in [7, 11) is 2.14. The topological polar surface area (TPSA) is 86.3 Å². The lowest BCUT2D eigenvalue weighted by atomic mass is 10.2. The number of urea groups is 1. The van der Waals surface area contributed by atoms with Crippen LogP contribution in [0.3, 0.4) is 0 Å². The number of amides is 2. The lowest BCUT2D eigenvalue weighted by molar-refractivity contribution is 0.174. The Balaban J connectivity index is 1.17. The standard InChI is InChI=1S/C21H27N7O3/c1-25-4-6-26(7-5-25)19-13-20(23-14-22-19)27-8-10-28(11-9-27)21(29)24-16-2-3-17-18(12-16)31-15-30-17/h2-3,12-14H,4-11,15H2,1H3,(H,24,29). The zero-order valence-corrected chi connectivity index (χ0v) is 17.7. The number of ether oxygens (including phenoxy) is 2. The molecule has 10 nitrogen and oxygen atoms in total. The second-order valence-electron chi connectivity index (χ2n) is 8.00. The third kappa shape index (κ3) is 4.29. The quantitative estimate of drug-likeness (QED) is 0.788. The molecule has 31 heavy (non-hydrogen) atoms. The summed E-state index contributed by atoms with van der Waals surface area (Å²) < 4.78 is 10.7. The molecule has 2 saturated heterocycles. The molecule has 0 saturated carbocycles. The van der Waals surface area contributed by atoms with E-state index in [1.54, 1.807) is 12.4 Å². The second-order valence-corrected chi connectivity index (χ2v) is 8.00. The number of likely N-dealkylation sites (N-methyl/N-ethyl adjacent to an activating group) is 1. The van der Waals surface area contributed by atoms with Gasteiger partial charge in [0.1, 0.15) is 18.0 Å². The molecule has 4 heterocycles. The Morgan fingerprint density at radius 2 is 1.52 bits per heavy atom. The second kappa shape index (κ2) is 8.46. The third-order valence-electron chi connectivity index (χ3n) is 5.98. The average molecular weight is 425 g/mol. The lowest BCUT2D eigenvalue weighted by Gasteiger charge is -2.36. The molecule has 0 radical (unpaired) electrons. The number of fused-ring (bicyclic) bond motifs is 1. The molecule has 1 aromatic carbocycles. The summed E-state index contributed by atoms with van der Waals surface area (Å²) >= 11 is 0. The molecule has 0 spiro atoms. The minimum Gasteiger partial charge on any atom is -0.454 e. The van der Waals surface area contributed by atoms with Gasteiger partial charge in [0, 0.05) is 70.2 Å². The summed E-state index contributed by atoms with van der Waals surface area (Å²) in [5, 5.41) is 2.95. The van der Waals surface area contributed by atoms with Gasteiger partial charge in [0.25, 0.3) is 0 Å². The van der Waals surface area contributed by atoms with E-state index in [1.165, 1.54) is 0 Å². The number of hydrogen-bond donors (Lipinski definition) is 1. The van der Waals surface area contributed by atoms with Gasteiger partial charge in [-0.3, -0.25) is 0 Å². The maximum absolute atomic E-state index is 12.7. The van der Waals surface area contributed by atoms with E-state index < -0.39 is 0 Å². The molecule has 3 aliphatic heterocycles. The number of nitrogens with zero attached hydrogens (tertiary/aromatic N) is 6. The number of carbonyl (C=O) groups excluding carboxylic acids is 1. The molecule has 1 aromatic heterocycles. The number of nitrogens with one attached hydrogen (secondary N) is 1. The van der Waals surface area contributed by atoms with E-state index in [9.17, 15) is 4.79 Å². The monoisotopic (exact) mass is 425 g/mol. The van der Waals surface area contributed by atoms with Crippen molar-refractivity contribution in [2.75, 3.05) is 81.3 Å². The minimum absolute atomic E-state index is 0.112. The van der Waals surface area contributed by atoms with Crippen molar-refractivity contribution in [3.8, 4) is 11.5 Å². The van der Waals surface area contributed by atoms with Crippen LogP contribution in [0, 0.1) is 0 Å². The lowest BCUT2D eigenvalue weighted by Crippen LogP contribution is -2.50. The van der Waals surface area contributed by atoms with Gasteiger partial charge in [0.05, 0.1) is 0 Å². The molecule has 5 rings (SSSR count). The molecular weight excluding hydrogens is 398 g/mol. The van der Waals surface area contributed by atoms with Crippen molar-refractivity contribution in [2.24, 2.45) is 0 Å². The molecular formula is C21H27N7O3. The number of hydrogen-bond acceptors (Lipinski definition) is 8. The fourth-order valence-corrected chi connectivity index (χ4v) is 4.03. The van der Waals surface area contributed by atoms with E-state index in [0.717, 1.165) is 50.9 Å². The average Bonchev–Trinajstić information content (AvgIpc) is 3.28. The van der Waals surface area contributed by atoms with Crippen LogP contribution in [0.4, 0.5) is 22.1 Å². The van der Waals surface area contributed by atoms with Crippen molar-refractivity contribution in [1.82, 2.24) is 19.8 Å². The highest BCUT2D eigenvalue weighted by atomic mass is 16.7. The number of piperazine rings is 2. The summed E-state index contributed by atoms with van der Waals surface area (Å²) in [6.07, 6.45) is 1.64. The Morgan fingerprint density at radius 3 is 2.23 bits per heavy atom. The van der Waals surface area contributed by atoms with Crippen LogP contribution >= 0.6 is 0 Å². The van der Waals surface area contributed by atoms with Crippen molar-refractivity contribution in [2.45, 2.75) is 0 Å².